The van der Waals surface area contributed by atoms with E-state index in [1.54, 1.807) is 19.1 Å². The molecule has 140 valence electrons. The Morgan fingerprint density at radius 2 is 2.04 bits per heavy atom. The summed E-state index contributed by atoms with van der Waals surface area (Å²) in [4.78, 5) is 18.8. The van der Waals surface area contributed by atoms with Crippen molar-refractivity contribution in [2.24, 2.45) is 0 Å². The number of carbonyl (C=O) groups is 1. The van der Waals surface area contributed by atoms with Crippen molar-refractivity contribution in [1.29, 1.82) is 0 Å². The Morgan fingerprint density at radius 1 is 1.27 bits per heavy atom. The van der Waals surface area contributed by atoms with E-state index in [2.05, 4.69) is 10.1 Å². The van der Waals surface area contributed by atoms with Crippen LogP contribution in [0, 0.1) is 0 Å². The zero-order valence-corrected chi connectivity index (χ0v) is 15.9. The average Bonchev–Trinajstić information content (AvgIpc) is 3.22. The molecule has 0 bridgehead atoms. The third-order valence-corrected chi connectivity index (χ3v) is 4.53. The highest BCUT2D eigenvalue weighted by atomic mass is 16.5. The number of benzene rings is 1. The van der Waals surface area contributed by atoms with E-state index in [0.29, 0.717) is 37.0 Å². The van der Waals surface area contributed by atoms with E-state index in [-0.39, 0.29) is 17.2 Å². The van der Waals surface area contributed by atoms with Crippen molar-refractivity contribution in [3.05, 3.63) is 35.5 Å². The average molecular weight is 359 g/mol. The van der Waals surface area contributed by atoms with Crippen LogP contribution in [0.25, 0.3) is 0 Å². The molecule has 1 unspecified atom stereocenters. The van der Waals surface area contributed by atoms with Gasteiger partial charge in [0, 0.05) is 36.6 Å². The zero-order valence-electron chi connectivity index (χ0n) is 15.9. The van der Waals surface area contributed by atoms with E-state index in [0.717, 1.165) is 11.3 Å². The number of hydrogen-bond donors (Lipinski definition) is 0. The second kappa shape index (κ2) is 6.97. The largest absolute Gasteiger partial charge is 0.497 e. The molecule has 7 nitrogen and oxygen atoms in total. The lowest BCUT2D eigenvalue weighted by atomic mass is 9.96. The van der Waals surface area contributed by atoms with Gasteiger partial charge in [0.2, 0.25) is 11.8 Å². The van der Waals surface area contributed by atoms with Crippen LogP contribution in [0.15, 0.2) is 22.7 Å². The summed E-state index contributed by atoms with van der Waals surface area (Å²) >= 11 is 0. The molecular weight excluding hydrogens is 334 g/mol. The number of rotatable bonds is 5. The van der Waals surface area contributed by atoms with Gasteiger partial charge in [0.05, 0.1) is 20.1 Å². The monoisotopic (exact) mass is 359 g/mol. The van der Waals surface area contributed by atoms with Crippen LogP contribution in [0.4, 0.5) is 0 Å². The van der Waals surface area contributed by atoms with E-state index in [9.17, 15) is 4.79 Å². The number of ether oxygens (including phenoxy) is 2. The normalized spacial score (nSPS) is 17.7. The van der Waals surface area contributed by atoms with Crippen molar-refractivity contribution in [3.8, 4) is 11.5 Å². The van der Waals surface area contributed by atoms with Crippen LogP contribution in [0.1, 0.15) is 50.4 Å². The Morgan fingerprint density at radius 3 is 2.65 bits per heavy atom. The number of carbonyl (C=O) groups excluding carboxylic acids is 1. The maximum absolute atomic E-state index is 12.5. The fraction of sp³-hybridized carbons (Fsp3) is 0.526. The van der Waals surface area contributed by atoms with Crippen LogP contribution >= 0.6 is 0 Å². The maximum atomic E-state index is 12.5. The second-order valence-electron chi connectivity index (χ2n) is 7.56. The second-order valence-corrected chi connectivity index (χ2v) is 7.56. The molecule has 2 heterocycles. The lowest BCUT2D eigenvalue weighted by Crippen LogP contribution is -2.24. The van der Waals surface area contributed by atoms with Crippen molar-refractivity contribution < 1.29 is 18.8 Å². The van der Waals surface area contributed by atoms with Gasteiger partial charge in [-0.15, -0.1) is 0 Å². The van der Waals surface area contributed by atoms with Crippen LogP contribution in [-0.4, -0.2) is 41.7 Å². The number of nitrogens with zero attached hydrogens (tertiary/aromatic N) is 3. The fourth-order valence-electron chi connectivity index (χ4n) is 2.98. The van der Waals surface area contributed by atoms with Crippen LogP contribution in [0.2, 0.25) is 0 Å². The van der Waals surface area contributed by atoms with Crippen LogP contribution in [0.3, 0.4) is 0 Å². The lowest BCUT2D eigenvalue weighted by Gasteiger charge is -2.18. The van der Waals surface area contributed by atoms with E-state index < -0.39 is 0 Å². The van der Waals surface area contributed by atoms with Crippen molar-refractivity contribution >= 4 is 5.91 Å². The molecule has 0 N–H and O–H groups in total. The highest BCUT2D eigenvalue weighted by Crippen LogP contribution is 2.32. The van der Waals surface area contributed by atoms with Crippen molar-refractivity contribution in [2.75, 3.05) is 20.8 Å². The molecule has 1 saturated heterocycles. The molecule has 1 amide bonds. The minimum atomic E-state index is -0.180. The first-order valence-electron chi connectivity index (χ1n) is 8.64. The fourth-order valence-corrected chi connectivity index (χ4v) is 2.98. The molecule has 26 heavy (non-hydrogen) atoms. The Hall–Kier alpha value is -2.57. The van der Waals surface area contributed by atoms with Gasteiger partial charge in [0.15, 0.2) is 5.82 Å². The smallest absolute Gasteiger partial charge is 0.232 e. The predicted molar refractivity (Wildman–Crippen MR) is 95.3 cm³/mol. The van der Waals surface area contributed by atoms with Gasteiger partial charge in [0.25, 0.3) is 0 Å². The summed E-state index contributed by atoms with van der Waals surface area (Å²) in [5.41, 5.74) is 0.753. The first-order chi connectivity index (χ1) is 12.3. The number of likely N-dealkylation sites (tertiary alicyclic amines) is 1. The number of amides is 1. The molecule has 0 aliphatic carbocycles. The summed E-state index contributed by atoms with van der Waals surface area (Å²) in [7, 11) is 3.22. The third kappa shape index (κ3) is 3.66. The molecule has 7 heteroatoms. The lowest BCUT2D eigenvalue weighted by molar-refractivity contribution is -0.128. The molecule has 2 aromatic rings. The molecule has 0 saturated carbocycles. The molecule has 1 fully saturated rings. The van der Waals surface area contributed by atoms with Gasteiger partial charge in [-0.2, -0.15) is 4.98 Å². The topological polar surface area (TPSA) is 77.7 Å². The van der Waals surface area contributed by atoms with Crippen molar-refractivity contribution in [3.63, 3.8) is 0 Å². The Labute approximate surface area is 153 Å². The molecule has 1 atom stereocenters. The third-order valence-electron chi connectivity index (χ3n) is 4.53. The molecular formula is C19H25N3O4. The molecule has 1 aromatic carbocycles. The van der Waals surface area contributed by atoms with E-state index in [4.69, 9.17) is 14.0 Å². The summed E-state index contributed by atoms with van der Waals surface area (Å²) in [6.45, 7) is 7.12. The van der Waals surface area contributed by atoms with E-state index in [1.165, 1.54) is 0 Å². The van der Waals surface area contributed by atoms with Gasteiger partial charge in [0.1, 0.15) is 11.5 Å². The highest BCUT2D eigenvalue weighted by molar-refractivity contribution is 5.79. The van der Waals surface area contributed by atoms with Gasteiger partial charge in [-0.1, -0.05) is 25.9 Å². The van der Waals surface area contributed by atoms with Gasteiger partial charge < -0.3 is 18.9 Å². The minimum Gasteiger partial charge on any atom is -0.497 e. The standard InChI is InChI=1S/C19H25N3O4/c1-19(2,3)18-20-17(26-21-18)13-8-16(23)22(11-13)10-12-6-7-14(24-4)9-15(12)25-5/h6-7,9,13H,8,10-11H2,1-5H3. The summed E-state index contributed by atoms with van der Waals surface area (Å²) in [5.74, 6) is 2.62. The van der Waals surface area contributed by atoms with Gasteiger partial charge in [-0.25, -0.2) is 0 Å². The summed E-state index contributed by atoms with van der Waals surface area (Å²) in [5, 5.41) is 4.06. The molecule has 3 rings (SSSR count). The van der Waals surface area contributed by atoms with Crippen LogP contribution < -0.4 is 9.47 Å². The van der Waals surface area contributed by atoms with Crippen LogP contribution in [-0.2, 0) is 16.8 Å². The summed E-state index contributed by atoms with van der Waals surface area (Å²) in [6.07, 6.45) is 0.379. The number of methoxy groups -OCH3 is 2. The molecule has 1 aliphatic heterocycles. The number of aromatic nitrogens is 2. The molecule has 1 aliphatic rings. The van der Waals surface area contributed by atoms with Crippen molar-refractivity contribution in [1.82, 2.24) is 15.0 Å². The quantitative estimate of drug-likeness (QED) is 0.817. The summed E-state index contributed by atoms with van der Waals surface area (Å²) in [6, 6.07) is 5.60. The molecule has 0 spiro atoms. The summed E-state index contributed by atoms with van der Waals surface area (Å²) < 4.78 is 16.1. The predicted octanol–water partition coefficient (Wildman–Crippen LogP) is 2.90. The Balaban J connectivity index is 1.73. The Bertz CT molecular complexity index is 794. The minimum absolute atomic E-state index is 0.0726. The SMILES string of the molecule is COc1ccc(CN2CC(c3nc(C(C)(C)C)no3)CC2=O)c(OC)c1. The van der Waals surface area contributed by atoms with Gasteiger partial charge in [-0.05, 0) is 12.1 Å². The van der Waals surface area contributed by atoms with Crippen molar-refractivity contribution in [2.45, 2.75) is 45.1 Å². The maximum Gasteiger partial charge on any atom is 0.232 e. The zero-order chi connectivity index (χ0) is 18.9. The first-order valence-corrected chi connectivity index (χ1v) is 8.64. The first kappa shape index (κ1) is 18.2. The van der Waals surface area contributed by atoms with E-state index in [1.807, 2.05) is 39.0 Å². The van der Waals surface area contributed by atoms with Gasteiger partial charge in [-0.3, -0.25) is 4.79 Å². The molecule has 0 radical (unpaired) electrons. The molecule has 1 aromatic heterocycles. The van der Waals surface area contributed by atoms with Crippen LogP contribution in [0.5, 0.6) is 11.5 Å². The van der Waals surface area contributed by atoms with Gasteiger partial charge >= 0.3 is 0 Å². The highest BCUT2D eigenvalue weighted by Gasteiger charge is 2.35. The van der Waals surface area contributed by atoms with E-state index >= 15 is 0 Å². The Kier molecular flexibility index (Phi) is 4.89. The number of hydrogen-bond acceptors (Lipinski definition) is 6.